The molecule has 1 saturated heterocycles. The number of nitrogens with two attached hydrogens (primary N) is 1. The molecule has 6 nitrogen and oxygen atoms in total. The largest absolute Gasteiger partial charge is 0.437 e. The summed E-state index contributed by atoms with van der Waals surface area (Å²) in [6.07, 6.45) is 0.614. The van der Waals surface area contributed by atoms with Crippen LogP contribution in [0.1, 0.15) is 5.56 Å². The van der Waals surface area contributed by atoms with Crippen LogP contribution in [0.15, 0.2) is 30.0 Å². The van der Waals surface area contributed by atoms with Crippen molar-refractivity contribution < 1.29 is 14.3 Å². The van der Waals surface area contributed by atoms with Crippen LogP contribution in [0.3, 0.4) is 0 Å². The van der Waals surface area contributed by atoms with E-state index in [1.807, 2.05) is 43.3 Å². The van der Waals surface area contributed by atoms with Crippen LogP contribution in [0.25, 0.3) is 6.08 Å². The highest BCUT2D eigenvalue weighted by atomic mass is 16.6. The second-order valence-corrected chi connectivity index (χ2v) is 4.04. The normalized spacial score (nSPS) is 17.3. The molecule has 1 fully saturated rings. The lowest BCUT2D eigenvalue weighted by atomic mass is 10.2. The predicted octanol–water partition coefficient (Wildman–Crippen LogP) is 0.946. The predicted molar refractivity (Wildman–Crippen MR) is 66.3 cm³/mol. The summed E-state index contributed by atoms with van der Waals surface area (Å²) in [7, 11) is 3.87. The van der Waals surface area contributed by atoms with Crippen LogP contribution in [0.2, 0.25) is 0 Å². The summed E-state index contributed by atoms with van der Waals surface area (Å²) in [6.45, 7) is 0. The standard InChI is InChI=1S/C12H13N3O3/c1-14(2)9-5-3-8(4-6-9)7-10-11(16)15(13)12(17)18-10/h3-7H,13H2,1-2H3/b10-7-. The van der Waals surface area contributed by atoms with Crippen LogP contribution in [-0.2, 0) is 9.53 Å². The summed E-state index contributed by atoms with van der Waals surface area (Å²) in [4.78, 5) is 24.5. The average molecular weight is 247 g/mol. The molecule has 1 heterocycles. The molecule has 0 unspecified atom stereocenters. The second kappa shape index (κ2) is 4.50. The number of ether oxygens (including phenoxy) is 1. The molecule has 1 aliphatic rings. The van der Waals surface area contributed by atoms with Crippen molar-refractivity contribution in [2.45, 2.75) is 0 Å². The zero-order chi connectivity index (χ0) is 13.3. The van der Waals surface area contributed by atoms with Crippen LogP contribution >= 0.6 is 0 Å². The molecule has 0 aliphatic carbocycles. The van der Waals surface area contributed by atoms with Gasteiger partial charge in [-0.3, -0.25) is 4.79 Å². The smallest absolute Gasteiger partial charge is 0.403 e. The molecule has 0 saturated carbocycles. The monoisotopic (exact) mass is 247 g/mol. The number of imide groups is 1. The fourth-order valence-electron chi connectivity index (χ4n) is 1.50. The quantitative estimate of drug-likeness (QED) is 0.478. The van der Waals surface area contributed by atoms with Gasteiger partial charge in [-0.2, -0.15) is 5.01 Å². The number of amides is 2. The molecule has 2 amide bonds. The lowest BCUT2D eigenvalue weighted by Crippen LogP contribution is -2.35. The van der Waals surface area contributed by atoms with Gasteiger partial charge in [-0.25, -0.2) is 10.6 Å². The highest BCUT2D eigenvalue weighted by Gasteiger charge is 2.34. The van der Waals surface area contributed by atoms with Crippen LogP contribution in [0, 0.1) is 0 Å². The lowest BCUT2D eigenvalue weighted by molar-refractivity contribution is -0.123. The number of cyclic esters (lactones) is 1. The molecular formula is C12H13N3O3. The molecule has 0 aromatic heterocycles. The molecule has 1 aromatic carbocycles. The van der Waals surface area contributed by atoms with Gasteiger partial charge >= 0.3 is 12.0 Å². The Morgan fingerprint density at radius 1 is 1.22 bits per heavy atom. The first-order valence-electron chi connectivity index (χ1n) is 5.29. The molecule has 6 heteroatoms. The van der Waals surface area contributed by atoms with Gasteiger partial charge in [0.2, 0.25) is 0 Å². The van der Waals surface area contributed by atoms with Crippen LogP contribution in [-0.4, -0.2) is 31.1 Å². The molecule has 2 rings (SSSR count). The van der Waals surface area contributed by atoms with Crippen molar-refractivity contribution in [3.8, 4) is 0 Å². The Bertz CT molecular complexity index is 520. The Balaban J connectivity index is 2.24. The summed E-state index contributed by atoms with van der Waals surface area (Å²) in [5.41, 5.74) is 1.79. The third-order valence-electron chi connectivity index (χ3n) is 2.53. The van der Waals surface area contributed by atoms with E-state index in [2.05, 4.69) is 0 Å². The van der Waals surface area contributed by atoms with Gasteiger partial charge < -0.3 is 9.64 Å². The van der Waals surface area contributed by atoms with Crippen molar-refractivity contribution in [2.75, 3.05) is 19.0 Å². The van der Waals surface area contributed by atoms with E-state index in [1.54, 1.807) is 0 Å². The summed E-state index contributed by atoms with van der Waals surface area (Å²) < 4.78 is 4.73. The SMILES string of the molecule is CN(C)c1ccc(/C=C2\OC(=O)N(N)C2=O)cc1. The number of hydrazine groups is 1. The fraction of sp³-hybridized carbons (Fsp3) is 0.167. The number of carbonyl (C=O) groups is 2. The molecule has 0 radical (unpaired) electrons. The number of carbonyl (C=O) groups excluding carboxylic acids is 2. The first-order valence-corrected chi connectivity index (χ1v) is 5.29. The van der Waals surface area contributed by atoms with E-state index in [9.17, 15) is 9.59 Å². The number of hydrogen-bond donors (Lipinski definition) is 1. The summed E-state index contributed by atoms with van der Waals surface area (Å²) >= 11 is 0. The fourth-order valence-corrected chi connectivity index (χ4v) is 1.50. The maximum Gasteiger partial charge on any atom is 0.437 e. The van der Waals surface area contributed by atoms with Crippen molar-refractivity contribution in [2.24, 2.45) is 5.84 Å². The Kier molecular flexibility index (Phi) is 3.03. The Labute approximate surface area is 104 Å². The Morgan fingerprint density at radius 2 is 1.83 bits per heavy atom. The molecule has 94 valence electrons. The van der Waals surface area contributed by atoms with Gasteiger partial charge in [-0.1, -0.05) is 12.1 Å². The lowest BCUT2D eigenvalue weighted by Gasteiger charge is -2.11. The Hall–Kier alpha value is -2.34. The van der Waals surface area contributed by atoms with Gasteiger partial charge in [-0.05, 0) is 23.8 Å². The number of benzene rings is 1. The summed E-state index contributed by atoms with van der Waals surface area (Å²) in [6, 6.07) is 7.44. The van der Waals surface area contributed by atoms with Crippen molar-refractivity contribution in [1.29, 1.82) is 0 Å². The van der Waals surface area contributed by atoms with E-state index >= 15 is 0 Å². The molecule has 18 heavy (non-hydrogen) atoms. The minimum Gasteiger partial charge on any atom is -0.403 e. The third kappa shape index (κ3) is 2.18. The minimum absolute atomic E-state index is 0.0693. The number of rotatable bonds is 2. The van der Waals surface area contributed by atoms with Gasteiger partial charge in [-0.15, -0.1) is 0 Å². The van der Waals surface area contributed by atoms with E-state index in [-0.39, 0.29) is 5.76 Å². The molecule has 0 bridgehead atoms. The van der Waals surface area contributed by atoms with Crippen molar-refractivity contribution >= 4 is 23.8 Å². The molecular weight excluding hydrogens is 234 g/mol. The number of hydrogen-bond acceptors (Lipinski definition) is 5. The van der Waals surface area contributed by atoms with Gasteiger partial charge in [0.25, 0.3) is 0 Å². The van der Waals surface area contributed by atoms with Crippen molar-refractivity contribution in [1.82, 2.24) is 5.01 Å². The number of nitrogens with zero attached hydrogens (tertiary/aromatic N) is 2. The van der Waals surface area contributed by atoms with Gasteiger partial charge in [0, 0.05) is 19.8 Å². The van der Waals surface area contributed by atoms with E-state index < -0.39 is 12.0 Å². The van der Waals surface area contributed by atoms with E-state index in [0.29, 0.717) is 5.01 Å². The maximum atomic E-state index is 11.5. The zero-order valence-corrected chi connectivity index (χ0v) is 10.1. The average Bonchev–Trinajstić information content (AvgIpc) is 2.58. The highest BCUT2D eigenvalue weighted by Crippen LogP contribution is 2.19. The van der Waals surface area contributed by atoms with Crippen molar-refractivity contribution in [3.05, 3.63) is 35.6 Å². The summed E-state index contributed by atoms with van der Waals surface area (Å²) in [5.74, 6) is 4.48. The van der Waals surface area contributed by atoms with Gasteiger partial charge in [0.15, 0.2) is 5.76 Å². The van der Waals surface area contributed by atoms with Crippen LogP contribution < -0.4 is 10.7 Å². The number of anilines is 1. The van der Waals surface area contributed by atoms with E-state index in [4.69, 9.17) is 10.6 Å². The minimum atomic E-state index is -0.865. The second-order valence-electron chi connectivity index (χ2n) is 4.04. The zero-order valence-electron chi connectivity index (χ0n) is 10.1. The molecule has 0 spiro atoms. The third-order valence-corrected chi connectivity index (χ3v) is 2.53. The van der Waals surface area contributed by atoms with E-state index in [1.165, 1.54) is 6.08 Å². The summed E-state index contributed by atoms with van der Waals surface area (Å²) in [5, 5.41) is 0.444. The molecule has 0 atom stereocenters. The van der Waals surface area contributed by atoms with Crippen LogP contribution in [0.4, 0.5) is 10.5 Å². The van der Waals surface area contributed by atoms with Crippen molar-refractivity contribution in [3.63, 3.8) is 0 Å². The topological polar surface area (TPSA) is 75.9 Å². The first-order chi connectivity index (χ1) is 8.49. The van der Waals surface area contributed by atoms with Gasteiger partial charge in [0.1, 0.15) is 0 Å². The first kappa shape index (κ1) is 12.1. The van der Waals surface area contributed by atoms with Crippen LogP contribution in [0.5, 0.6) is 0 Å². The molecule has 1 aromatic rings. The van der Waals surface area contributed by atoms with E-state index in [0.717, 1.165) is 11.3 Å². The molecule has 2 N–H and O–H groups in total. The maximum absolute atomic E-state index is 11.5. The molecule has 1 aliphatic heterocycles. The Morgan fingerprint density at radius 3 is 2.28 bits per heavy atom. The van der Waals surface area contributed by atoms with Gasteiger partial charge in [0.05, 0.1) is 0 Å². The highest BCUT2D eigenvalue weighted by molar-refractivity contribution is 6.09.